The first-order chi connectivity index (χ1) is 13.3. The van der Waals surface area contributed by atoms with Gasteiger partial charge in [0.05, 0.1) is 16.5 Å². The number of likely N-dealkylation sites (tertiary alicyclic amines) is 1. The first kappa shape index (κ1) is 21.4. The summed E-state index contributed by atoms with van der Waals surface area (Å²) in [7, 11) is 1.89. The molecule has 2 fully saturated rings. The molecule has 28 heavy (non-hydrogen) atoms. The van der Waals surface area contributed by atoms with Crippen LogP contribution < -0.4 is 0 Å². The summed E-state index contributed by atoms with van der Waals surface area (Å²) in [5.41, 5.74) is 0.859. The Bertz CT molecular complexity index is 722. The highest BCUT2D eigenvalue weighted by atomic mass is 35.5. The van der Waals surface area contributed by atoms with Crippen molar-refractivity contribution in [2.24, 2.45) is 0 Å². The van der Waals surface area contributed by atoms with Crippen LogP contribution in [0.3, 0.4) is 0 Å². The number of hydrogen-bond donors (Lipinski definition) is 0. The largest absolute Gasteiger partial charge is 0.462 e. The third kappa shape index (κ3) is 5.19. The van der Waals surface area contributed by atoms with Crippen LogP contribution in [0.25, 0.3) is 0 Å². The van der Waals surface area contributed by atoms with Gasteiger partial charge in [-0.25, -0.2) is 0 Å². The summed E-state index contributed by atoms with van der Waals surface area (Å²) in [5, 5.41) is 0.954. The number of halogens is 2. The van der Waals surface area contributed by atoms with Crippen molar-refractivity contribution >= 4 is 35.1 Å². The summed E-state index contributed by atoms with van der Waals surface area (Å²) < 4.78 is 5.49. The SMILES string of the molecule is CC(=O)O[C@@H]1CC[C@H](N(C)C(=O)Cc2ccc(Cl)c(Cl)c2)[C@@H](N2CCCC2)C1. The fourth-order valence-electron chi connectivity index (χ4n) is 4.49. The number of rotatable bonds is 5. The van der Waals surface area contributed by atoms with Crippen molar-refractivity contribution in [1.29, 1.82) is 0 Å². The van der Waals surface area contributed by atoms with Crippen LogP contribution >= 0.6 is 23.2 Å². The Morgan fingerprint density at radius 3 is 2.54 bits per heavy atom. The second-order valence-electron chi connectivity index (χ2n) is 7.85. The molecule has 0 bridgehead atoms. The molecule has 3 rings (SSSR count). The highest BCUT2D eigenvalue weighted by molar-refractivity contribution is 6.42. The number of benzene rings is 1. The van der Waals surface area contributed by atoms with Crippen LogP contribution in [0.4, 0.5) is 0 Å². The van der Waals surface area contributed by atoms with Crippen LogP contribution in [0.15, 0.2) is 18.2 Å². The lowest BCUT2D eigenvalue weighted by atomic mass is 9.86. The van der Waals surface area contributed by atoms with Crippen molar-refractivity contribution in [1.82, 2.24) is 9.80 Å². The highest BCUT2D eigenvalue weighted by Crippen LogP contribution is 2.31. The quantitative estimate of drug-likeness (QED) is 0.668. The molecular weight excluding hydrogens is 399 g/mol. The Hall–Kier alpha value is -1.30. The van der Waals surface area contributed by atoms with E-state index in [1.165, 1.54) is 19.8 Å². The van der Waals surface area contributed by atoms with Gasteiger partial charge in [-0.3, -0.25) is 14.5 Å². The first-order valence-electron chi connectivity index (χ1n) is 9.96. The molecule has 1 aliphatic carbocycles. The molecule has 1 heterocycles. The van der Waals surface area contributed by atoms with E-state index in [0.717, 1.165) is 37.9 Å². The Morgan fingerprint density at radius 1 is 1.18 bits per heavy atom. The molecule has 0 unspecified atom stereocenters. The number of carbonyl (C=O) groups is 2. The third-order valence-corrected chi connectivity index (χ3v) is 6.64. The van der Waals surface area contributed by atoms with Gasteiger partial charge in [-0.2, -0.15) is 0 Å². The zero-order valence-electron chi connectivity index (χ0n) is 16.5. The number of amides is 1. The van der Waals surface area contributed by atoms with E-state index in [-0.39, 0.29) is 30.1 Å². The lowest BCUT2D eigenvalue weighted by Gasteiger charge is -2.44. The van der Waals surface area contributed by atoms with E-state index in [9.17, 15) is 9.59 Å². The summed E-state index contributed by atoms with van der Waals surface area (Å²) in [6.07, 6.45) is 5.02. The highest BCUT2D eigenvalue weighted by Gasteiger charge is 2.39. The van der Waals surface area contributed by atoms with Crippen molar-refractivity contribution in [2.75, 3.05) is 20.1 Å². The van der Waals surface area contributed by atoms with Gasteiger partial charge in [0.15, 0.2) is 0 Å². The molecule has 0 radical (unpaired) electrons. The minimum atomic E-state index is -0.229. The molecule has 0 N–H and O–H groups in total. The maximum Gasteiger partial charge on any atom is 0.302 e. The van der Waals surface area contributed by atoms with Crippen molar-refractivity contribution in [3.8, 4) is 0 Å². The van der Waals surface area contributed by atoms with Crippen molar-refractivity contribution in [3.63, 3.8) is 0 Å². The average Bonchev–Trinajstić information content (AvgIpc) is 3.18. The molecule has 1 saturated carbocycles. The van der Waals surface area contributed by atoms with Gasteiger partial charge in [-0.1, -0.05) is 29.3 Å². The summed E-state index contributed by atoms with van der Waals surface area (Å²) in [6, 6.07) is 5.67. The second kappa shape index (κ2) is 9.47. The minimum absolute atomic E-state index is 0.0575. The van der Waals surface area contributed by atoms with Crippen molar-refractivity contribution in [2.45, 2.75) is 63.6 Å². The fraction of sp³-hybridized carbons (Fsp3) is 0.619. The zero-order valence-corrected chi connectivity index (χ0v) is 18.0. The van der Waals surface area contributed by atoms with E-state index in [4.69, 9.17) is 27.9 Å². The van der Waals surface area contributed by atoms with E-state index in [2.05, 4.69) is 4.90 Å². The molecule has 0 aromatic heterocycles. The summed E-state index contributed by atoms with van der Waals surface area (Å²) in [5.74, 6) is -0.161. The molecule has 0 spiro atoms. The van der Waals surface area contributed by atoms with Crippen LogP contribution in [0.5, 0.6) is 0 Å². The Morgan fingerprint density at radius 2 is 1.89 bits per heavy atom. The number of esters is 1. The lowest BCUT2D eigenvalue weighted by molar-refractivity contribution is -0.151. The molecule has 1 aromatic rings. The number of carbonyl (C=O) groups excluding carboxylic acids is 2. The van der Waals surface area contributed by atoms with E-state index in [0.29, 0.717) is 16.5 Å². The molecule has 1 aliphatic heterocycles. The average molecular weight is 427 g/mol. The van der Waals surface area contributed by atoms with Gasteiger partial charge in [0.1, 0.15) is 6.10 Å². The monoisotopic (exact) mass is 426 g/mol. The lowest BCUT2D eigenvalue weighted by Crippen LogP contribution is -2.56. The molecule has 1 aromatic carbocycles. The Kier molecular flexibility index (Phi) is 7.24. The van der Waals surface area contributed by atoms with Crippen LogP contribution in [-0.4, -0.2) is 60.0 Å². The van der Waals surface area contributed by atoms with Gasteiger partial charge >= 0.3 is 5.97 Å². The van der Waals surface area contributed by atoms with Gasteiger partial charge in [0.2, 0.25) is 5.91 Å². The molecule has 154 valence electrons. The third-order valence-electron chi connectivity index (χ3n) is 5.91. The van der Waals surface area contributed by atoms with Crippen LogP contribution in [-0.2, 0) is 20.7 Å². The summed E-state index contributed by atoms with van der Waals surface area (Å²) >= 11 is 12.1. The molecule has 3 atom stereocenters. The van der Waals surface area contributed by atoms with Crippen molar-refractivity contribution in [3.05, 3.63) is 33.8 Å². The van der Waals surface area contributed by atoms with E-state index in [1.807, 2.05) is 18.0 Å². The summed E-state index contributed by atoms with van der Waals surface area (Å²) in [4.78, 5) is 28.7. The van der Waals surface area contributed by atoms with E-state index < -0.39 is 0 Å². The number of ether oxygens (including phenoxy) is 1. The molecule has 1 amide bonds. The van der Waals surface area contributed by atoms with Crippen molar-refractivity contribution < 1.29 is 14.3 Å². The first-order valence-corrected chi connectivity index (χ1v) is 10.7. The number of likely N-dealkylation sites (N-methyl/N-ethyl adjacent to an activating group) is 1. The Balaban J connectivity index is 1.70. The molecule has 1 saturated heterocycles. The van der Waals surface area contributed by atoms with Crippen LogP contribution in [0.1, 0.15) is 44.6 Å². The molecular formula is C21H28Cl2N2O3. The minimum Gasteiger partial charge on any atom is -0.462 e. The predicted octanol–water partition coefficient (Wildman–Crippen LogP) is 3.94. The van der Waals surface area contributed by atoms with Gasteiger partial charge in [0.25, 0.3) is 0 Å². The smallest absolute Gasteiger partial charge is 0.302 e. The predicted molar refractivity (Wildman–Crippen MR) is 111 cm³/mol. The Labute approximate surface area is 176 Å². The summed E-state index contributed by atoms with van der Waals surface area (Å²) in [6.45, 7) is 3.55. The maximum absolute atomic E-state index is 13.0. The standard InChI is InChI=1S/C21H28Cl2N2O3/c1-14(26)28-16-6-8-19(20(13-16)25-9-3-4-10-25)24(2)21(27)12-15-5-7-17(22)18(23)11-15/h5,7,11,16,19-20H,3-4,6,8-10,12-13H2,1-2H3/t16-,19+,20+/m1/s1. The van der Waals surface area contributed by atoms with E-state index >= 15 is 0 Å². The topological polar surface area (TPSA) is 49.9 Å². The van der Waals surface area contributed by atoms with Gasteiger partial charge < -0.3 is 9.64 Å². The van der Waals surface area contributed by atoms with Gasteiger partial charge in [-0.15, -0.1) is 0 Å². The van der Waals surface area contributed by atoms with Crippen LogP contribution in [0, 0.1) is 0 Å². The second-order valence-corrected chi connectivity index (χ2v) is 8.67. The zero-order chi connectivity index (χ0) is 20.3. The number of nitrogens with zero attached hydrogens (tertiary/aromatic N) is 2. The molecule has 7 heteroatoms. The van der Waals surface area contributed by atoms with Crippen LogP contribution in [0.2, 0.25) is 10.0 Å². The molecule has 5 nitrogen and oxygen atoms in total. The van der Waals surface area contributed by atoms with Gasteiger partial charge in [-0.05, 0) is 56.5 Å². The fourth-order valence-corrected chi connectivity index (χ4v) is 4.81. The maximum atomic E-state index is 13.0. The molecule has 2 aliphatic rings. The van der Waals surface area contributed by atoms with Gasteiger partial charge in [0, 0.05) is 32.5 Å². The van der Waals surface area contributed by atoms with E-state index in [1.54, 1.807) is 12.1 Å². The normalized spacial score (nSPS) is 25.5. The number of hydrogen-bond acceptors (Lipinski definition) is 4.